The maximum Gasteiger partial charge on any atom is 0.193 e. The summed E-state index contributed by atoms with van der Waals surface area (Å²) in [7, 11) is 0. The fourth-order valence-electron chi connectivity index (χ4n) is 4.52. The van der Waals surface area contributed by atoms with Crippen molar-refractivity contribution in [3.05, 3.63) is 18.2 Å². The zero-order valence-corrected chi connectivity index (χ0v) is 14.5. The number of anilines is 1. The molecule has 25 heavy (non-hydrogen) atoms. The smallest absolute Gasteiger partial charge is 0.193 e. The number of guanidine groups is 1. The van der Waals surface area contributed by atoms with Gasteiger partial charge in [0.25, 0.3) is 0 Å². The van der Waals surface area contributed by atoms with Gasteiger partial charge in [-0.3, -0.25) is 4.99 Å². The normalized spacial score (nSPS) is 31.0. The minimum Gasteiger partial charge on any atom is -0.490 e. The number of nitrogens with one attached hydrogen (secondary N) is 1. The van der Waals surface area contributed by atoms with Gasteiger partial charge in [-0.05, 0) is 56.1 Å². The first-order valence-electron chi connectivity index (χ1n) is 9.31. The van der Waals surface area contributed by atoms with E-state index in [1.54, 1.807) is 0 Å². The molecule has 1 aliphatic heterocycles. The molecule has 1 heterocycles. The number of nitrogens with two attached hydrogens (primary N) is 1. The second kappa shape index (κ2) is 6.75. The van der Waals surface area contributed by atoms with Crippen molar-refractivity contribution in [1.82, 2.24) is 0 Å². The van der Waals surface area contributed by atoms with E-state index in [4.69, 9.17) is 15.2 Å². The lowest BCUT2D eigenvalue weighted by atomic mass is 9.82. The zero-order chi connectivity index (χ0) is 17.3. The molecule has 4 rings (SSSR count). The summed E-state index contributed by atoms with van der Waals surface area (Å²) in [5, 5.41) is 13.9. The van der Waals surface area contributed by atoms with Crippen molar-refractivity contribution in [3.8, 4) is 11.5 Å². The molecule has 6 nitrogen and oxygen atoms in total. The van der Waals surface area contributed by atoms with E-state index in [1.165, 1.54) is 12.8 Å². The van der Waals surface area contributed by atoms with Crippen LogP contribution in [0, 0.1) is 11.8 Å². The molecule has 3 aliphatic rings. The third kappa shape index (κ3) is 3.54. The maximum atomic E-state index is 10.8. The van der Waals surface area contributed by atoms with Crippen molar-refractivity contribution in [1.29, 1.82) is 0 Å². The number of benzene rings is 1. The third-order valence-corrected chi connectivity index (χ3v) is 5.79. The standard InChI is InChI=1S/C19H27N3O3/c20-18(21-7-6-19(23)12-13-2-3-14(19)10-13)22-15-4-5-16-17(11-15)25-9-1-8-24-16/h4-5,11,13-14,23H,1-3,6-10,12H2,(H3,20,21,22). The third-order valence-electron chi connectivity index (χ3n) is 5.79. The summed E-state index contributed by atoms with van der Waals surface area (Å²) >= 11 is 0. The Labute approximate surface area is 148 Å². The van der Waals surface area contributed by atoms with Crippen LogP contribution in [0.3, 0.4) is 0 Å². The quantitative estimate of drug-likeness (QED) is 0.576. The van der Waals surface area contributed by atoms with Crippen molar-refractivity contribution in [2.45, 2.75) is 44.1 Å². The summed E-state index contributed by atoms with van der Waals surface area (Å²) in [6.07, 6.45) is 6.14. The van der Waals surface area contributed by atoms with Crippen LogP contribution >= 0.6 is 0 Å². The highest BCUT2D eigenvalue weighted by Crippen LogP contribution is 2.52. The van der Waals surface area contributed by atoms with Crippen LogP contribution < -0.4 is 20.5 Å². The van der Waals surface area contributed by atoms with Gasteiger partial charge < -0.3 is 25.6 Å². The maximum absolute atomic E-state index is 10.8. The number of aliphatic hydroxyl groups is 1. The van der Waals surface area contributed by atoms with Crippen LogP contribution in [0.1, 0.15) is 38.5 Å². The van der Waals surface area contributed by atoms with Crippen molar-refractivity contribution < 1.29 is 14.6 Å². The van der Waals surface area contributed by atoms with Gasteiger partial charge in [0.15, 0.2) is 17.5 Å². The van der Waals surface area contributed by atoms with Gasteiger partial charge >= 0.3 is 0 Å². The molecule has 2 fully saturated rings. The van der Waals surface area contributed by atoms with Crippen LogP contribution in [0.5, 0.6) is 11.5 Å². The second-order valence-corrected chi connectivity index (χ2v) is 7.54. The van der Waals surface area contributed by atoms with Crippen LogP contribution in [0.25, 0.3) is 0 Å². The topological polar surface area (TPSA) is 89.1 Å². The van der Waals surface area contributed by atoms with Crippen LogP contribution in [-0.4, -0.2) is 36.4 Å². The van der Waals surface area contributed by atoms with Crippen molar-refractivity contribution in [2.24, 2.45) is 22.6 Å². The first-order valence-corrected chi connectivity index (χ1v) is 9.31. The SMILES string of the molecule is NC(=NCCC1(O)CC2CCC1C2)Nc1ccc2c(c1)OCCCO2. The Morgan fingerprint density at radius 3 is 2.88 bits per heavy atom. The highest BCUT2D eigenvalue weighted by Gasteiger charge is 2.49. The molecule has 4 N–H and O–H groups in total. The highest BCUT2D eigenvalue weighted by molar-refractivity contribution is 5.92. The predicted molar refractivity (Wildman–Crippen MR) is 97.2 cm³/mol. The summed E-state index contributed by atoms with van der Waals surface area (Å²) in [6, 6.07) is 5.67. The van der Waals surface area contributed by atoms with Gasteiger partial charge in [-0.15, -0.1) is 0 Å². The summed E-state index contributed by atoms with van der Waals surface area (Å²) in [5.74, 6) is 3.03. The molecular formula is C19H27N3O3. The van der Waals surface area contributed by atoms with Crippen molar-refractivity contribution in [2.75, 3.05) is 25.1 Å². The van der Waals surface area contributed by atoms with Gasteiger partial charge in [0, 0.05) is 24.7 Å². The highest BCUT2D eigenvalue weighted by atomic mass is 16.5. The Hall–Kier alpha value is -1.95. The molecule has 3 atom stereocenters. The number of nitrogens with zero attached hydrogens (tertiary/aromatic N) is 1. The van der Waals surface area contributed by atoms with E-state index in [0.717, 1.165) is 42.4 Å². The number of ether oxygens (including phenoxy) is 2. The summed E-state index contributed by atoms with van der Waals surface area (Å²) in [4.78, 5) is 4.39. The first-order chi connectivity index (χ1) is 12.1. The molecule has 3 unspecified atom stereocenters. The van der Waals surface area contributed by atoms with Crippen molar-refractivity contribution in [3.63, 3.8) is 0 Å². The van der Waals surface area contributed by atoms with Crippen LogP contribution in [0.15, 0.2) is 23.2 Å². The molecule has 2 saturated carbocycles. The summed E-state index contributed by atoms with van der Waals surface area (Å²) < 4.78 is 11.3. The molecule has 2 bridgehead atoms. The lowest BCUT2D eigenvalue weighted by Gasteiger charge is -2.31. The number of hydrogen-bond donors (Lipinski definition) is 3. The van der Waals surface area contributed by atoms with Gasteiger partial charge in [-0.25, -0.2) is 0 Å². The number of aliphatic imine (C=N–C) groups is 1. The fourth-order valence-corrected chi connectivity index (χ4v) is 4.52. The first kappa shape index (κ1) is 16.5. The minimum absolute atomic E-state index is 0.362. The lowest BCUT2D eigenvalue weighted by molar-refractivity contribution is -0.0181. The van der Waals surface area contributed by atoms with Gasteiger partial charge in [0.2, 0.25) is 0 Å². The Morgan fingerprint density at radius 1 is 1.28 bits per heavy atom. The van der Waals surface area contributed by atoms with Gasteiger partial charge in [0.05, 0.1) is 18.8 Å². The molecule has 0 radical (unpaired) electrons. The average molecular weight is 345 g/mol. The zero-order valence-electron chi connectivity index (χ0n) is 14.5. The van der Waals surface area contributed by atoms with E-state index in [2.05, 4.69) is 10.3 Å². The van der Waals surface area contributed by atoms with Crippen molar-refractivity contribution >= 4 is 11.6 Å². The molecule has 0 spiro atoms. The predicted octanol–water partition coefficient (Wildman–Crippen LogP) is 2.52. The van der Waals surface area contributed by atoms with Crippen LogP contribution in [0.2, 0.25) is 0 Å². The van der Waals surface area contributed by atoms with E-state index in [0.29, 0.717) is 38.1 Å². The number of fused-ring (bicyclic) bond motifs is 3. The molecular weight excluding hydrogens is 318 g/mol. The molecule has 6 heteroatoms. The molecule has 0 amide bonds. The molecule has 0 saturated heterocycles. The Balaban J connectivity index is 1.33. The van der Waals surface area contributed by atoms with E-state index in [-0.39, 0.29) is 0 Å². The van der Waals surface area contributed by atoms with Gasteiger partial charge in [-0.2, -0.15) is 0 Å². The monoisotopic (exact) mass is 345 g/mol. The summed E-state index contributed by atoms with van der Waals surface area (Å²) in [5.41, 5.74) is 6.30. The largest absolute Gasteiger partial charge is 0.490 e. The Morgan fingerprint density at radius 2 is 2.12 bits per heavy atom. The molecule has 2 aliphatic carbocycles. The molecule has 1 aromatic rings. The minimum atomic E-state index is -0.526. The van der Waals surface area contributed by atoms with E-state index < -0.39 is 5.60 Å². The number of hydrogen-bond acceptors (Lipinski definition) is 4. The average Bonchev–Trinajstić information content (AvgIpc) is 3.08. The second-order valence-electron chi connectivity index (χ2n) is 7.54. The fraction of sp³-hybridized carbons (Fsp3) is 0.632. The Bertz CT molecular complexity index is 663. The molecule has 1 aromatic carbocycles. The number of rotatable bonds is 4. The van der Waals surface area contributed by atoms with Gasteiger partial charge in [0.1, 0.15) is 0 Å². The summed E-state index contributed by atoms with van der Waals surface area (Å²) in [6.45, 7) is 1.87. The molecule has 136 valence electrons. The van der Waals surface area contributed by atoms with Gasteiger partial charge in [-0.1, -0.05) is 0 Å². The lowest BCUT2D eigenvalue weighted by Crippen LogP contribution is -2.36. The Kier molecular flexibility index (Phi) is 4.46. The van der Waals surface area contributed by atoms with E-state index in [9.17, 15) is 5.11 Å². The van der Waals surface area contributed by atoms with Crippen LogP contribution in [-0.2, 0) is 0 Å². The van der Waals surface area contributed by atoms with E-state index in [1.807, 2.05) is 18.2 Å². The van der Waals surface area contributed by atoms with Crippen LogP contribution in [0.4, 0.5) is 5.69 Å². The molecule has 0 aromatic heterocycles. The van der Waals surface area contributed by atoms with E-state index >= 15 is 0 Å².